The number of nitrogens with one attached hydrogen (secondary N) is 1. The van der Waals surface area contributed by atoms with Gasteiger partial charge in [-0.3, -0.25) is 4.79 Å². The zero-order chi connectivity index (χ0) is 13.9. The lowest BCUT2D eigenvalue weighted by atomic mass is 9.83. The number of hydrogen-bond acceptors (Lipinski definition) is 1. The second-order valence-electron chi connectivity index (χ2n) is 5.94. The van der Waals surface area contributed by atoms with Gasteiger partial charge in [-0.1, -0.05) is 31.4 Å². The molecule has 1 aromatic rings. The lowest BCUT2D eigenvalue weighted by molar-refractivity contribution is -0.126. The van der Waals surface area contributed by atoms with Crippen LogP contribution >= 0.6 is 0 Å². The van der Waals surface area contributed by atoms with Gasteiger partial charge in [0.05, 0.1) is 5.41 Å². The molecule has 0 aliphatic heterocycles. The van der Waals surface area contributed by atoms with Crippen molar-refractivity contribution in [1.29, 1.82) is 0 Å². The van der Waals surface area contributed by atoms with Gasteiger partial charge in [-0.2, -0.15) is 0 Å². The molecule has 1 fully saturated rings. The number of carbonyl (C=O) groups excluding carboxylic acids is 1. The first-order chi connectivity index (χ1) is 9.00. The van der Waals surface area contributed by atoms with Crippen LogP contribution in [0.3, 0.4) is 0 Å². The van der Waals surface area contributed by atoms with Crippen molar-refractivity contribution in [1.82, 2.24) is 5.32 Å². The zero-order valence-corrected chi connectivity index (χ0v) is 11.7. The smallest absolute Gasteiger partial charge is 0.230 e. The summed E-state index contributed by atoms with van der Waals surface area (Å²) in [6, 6.07) is 6.50. The molecule has 1 aromatic carbocycles. The van der Waals surface area contributed by atoms with E-state index >= 15 is 0 Å². The average molecular weight is 263 g/mol. The SMILES string of the molecule is CC(C)(C(=O)NC1CCCCC1)c1ccc(F)cc1. The molecule has 1 N–H and O–H groups in total. The molecule has 19 heavy (non-hydrogen) atoms. The van der Waals surface area contributed by atoms with Crippen LogP contribution in [-0.4, -0.2) is 11.9 Å². The van der Waals surface area contributed by atoms with Gasteiger partial charge < -0.3 is 5.32 Å². The Hall–Kier alpha value is -1.38. The Morgan fingerprint density at radius 2 is 1.74 bits per heavy atom. The normalized spacial score (nSPS) is 17.2. The quantitative estimate of drug-likeness (QED) is 0.887. The molecule has 1 amide bonds. The summed E-state index contributed by atoms with van der Waals surface area (Å²) in [7, 11) is 0. The molecule has 0 unspecified atom stereocenters. The van der Waals surface area contributed by atoms with Gasteiger partial charge in [-0.15, -0.1) is 0 Å². The van der Waals surface area contributed by atoms with Crippen molar-refractivity contribution < 1.29 is 9.18 Å². The van der Waals surface area contributed by atoms with Gasteiger partial charge in [-0.25, -0.2) is 4.39 Å². The highest BCUT2D eigenvalue weighted by atomic mass is 19.1. The molecule has 2 nitrogen and oxygen atoms in total. The van der Waals surface area contributed by atoms with Crippen LogP contribution in [0, 0.1) is 5.82 Å². The predicted molar refractivity (Wildman–Crippen MR) is 74.4 cm³/mol. The van der Waals surface area contributed by atoms with Gasteiger partial charge in [0.1, 0.15) is 5.82 Å². The lowest BCUT2D eigenvalue weighted by Gasteiger charge is -2.29. The minimum atomic E-state index is -0.620. The van der Waals surface area contributed by atoms with Crippen molar-refractivity contribution in [3.8, 4) is 0 Å². The molecule has 0 bridgehead atoms. The predicted octanol–water partition coefficient (Wildman–Crippen LogP) is 3.55. The molecule has 1 saturated carbocycles. The Bertz CT molecular complexity index is 433. The van der Waals surface area contributed by atoms with Crippen LogP contribution in [-0.2, 0) is 10.2 Å². The first-order valence-corrected chi connectivity index (χ1v) is 7.07. The van der Waals surface area contributed by atoms with Crippen LogP contribution in [0.25, 0.3) is 0 Å². The maximum Gasteiger partial charge on any atom is 0.230 e. The molecule has 0 atom stereocenters. The monoisotopic (exact) mass is 263 g/mol. The highest BCUT2D eigenvalue weighted by Gasteiger charge is 2.31. The van der Waals surface area contributed by atoms with Gasteiger partial charge in [0, 0.05) is 6.04 Å². The van der Waals surface area contributed by atoms with Crippen molar-refractivity contribution >= 4 is 5.91 Å². The molecule has 0 radical (unpaired) electrons. The summed E-state index contributed by atoms with van der Waals surface area (Å²) in [5, 5.41) is 3.14. The molecule has 0 heterocycles. The minimum Gasteiger partial charge on any atom is -0.353 e. The minimum absolute atomic E-state index is 0.0333. The third-order valence-electron chi connectivity index (χ3n) is 4.07. The fourth-order valence-corrected chi connectivity index (χ4v) is 2.61. The van der Waals surface area contributed by atoms with E-state index in [1.165, 1.54) is 31.4 Å². The van der Waals surface area contributed by atoms with E-state index in [2.05, 4.69) is 5.32 Å². The molecule has 2 rings (SSSR count). The molecular formula is C16H22FNO. The van der Waals surface area contributed by atoms with Gasteiger partial charge in [0.15, 0.2) is 0 Å². The number of halogens is 1. The molecule has 3 heteroatoms. The first kappa shape index (κ1) is 14.0. The van der Waals surface area contributed by atoms with Crippen molar-refractivity contribution in [2.24, 2.45) is 0 Å². The van der Waals surface area contributed by atoms with E-state index in [9.17, 15) is 9.18 Å². The summed E-state index contributed by atoms with van der Waals surface area (Å²) in [4.78, 5) is 12.4. The Morgan fingerprint density at radius 3 is 2.32 bits per heavy atom. The van der Waals surface area contributed by atoms with Gasteiger partial charge in [0.2, 0.25) is 5.91 Å². The van der Waals surface area contributed by atoms with Crippen LogP contribution < -0.4 is 5.32 Å². The Kier molecular flexibility index (Phi) is 4.23. The third kappa shape index (κ3) is 3.34. The Morgan fingerprint density at radius 1 is 1.16 bits per heavy atom. The topological polar surface area (TPSA) is 29.1 Å². The van der Waals surface area contributed by atoms with Crippen molar-refractivity contribution in [2.45, 2.75) is 57.4 Å². The van der Waals surface area contributed by atoms with Crippen LogP contribution in [0.1, 0.15) is 51.5 Å². The highest BCUT2D eigenvalue weighted by Crippen LogP contribution is 2.25. The molecule has 1 aliphatic carbocycles. The number of carbonyl (C=O) groups is 1. The van der Waals surface area contributed by atoms with Crippen LogP contribution in [0.15, 0.2) is 24.3 Å². The zero-order valence-electron chi connectivity index (χ0n) is 11.7. The molecule has 0 saturated heterocycles. The summed E-state index contributed by atoms with van der Waals surface area (Å²) in [5.74, 6) is -0.238. The summed E-state index contributed by atoms with van der Waals surface area (Å²) >= 11 is 0. The standard InChI is InChI=1S/C16H22FNO/c1-16(2,12-8-10-13(17)11-9-12)15(19)18-14-6-4-3-5-7-14/h8-11,14H,3-7H2,1-2H3,(H,18,19). The van der Waals surface area contributed by atoms with Crippen molar-refractivity contribution in [3.05, 3.63) is 35.6 Å². The summed E-state index contributed by atoms with van der Waals surface area (Å²) in [6.07, 6.45) is 5.81. The summed E-state index contributed by atoms with van der Waals surface area (Å²) < 4.78 is 12.9. The molecule has 104 valence electrons. The van der Waals surface area contributed by atoms with Crippen LogP contribution in [0.5, 0.6) is 0 Å². The summed E-state index contributed by atoms with van der Waals surface area (Å²) in [5.41, 5.74) is 0.229. The van der Waals surface area contributed by atoms with Gasteiger partial charge in [-0.05, 0) is 44.4 Å². The van der Waals surface area contributed by atoms with E-state index in [1.807, 2.05) is 13.8 Å². The number of benzene rings is 1. The third-order valence-corrected chi connectivity index (χ3v) is 4.07. The van der Waals surface area contributed by atoms with Gasteiger partial charge >= 0.3 is 0 Å². The Labute approximate surface area is 114 Å². The van der Waals surface area contributed by atoms with E-state index in [0.29, 0.717) is 6.04 Å². The second-order valence-corrected chi connectivity index (χ2v) is 5.94. The maximum absolute atomic E-state index is 12.9. The fourth-order valence-electron chi connectivity index (χ4n) is 2.61. The van der Waals surface area contributed by atoms with Crippen LogP contribution in [0.2, 0.25) is 0 Å². The molecular weight excluding hydrogens is 241 g/mol. The van der Waals surface area contributed by atoms with E-state index in [1.54, 1.807) is 12.1 Å². The van der Waals surface area contributed by atoms with Crippen LogP contribution in [0.4, 0.5) is 4.39 Å². The Balaban J connectivity index is 2.05. The largest absolute Gasteiger partial charge is 0.353 e. The molecule has 0 spiro atoms. The summed E-state index contributed by atoms with van der Waals surface area (Å²) in [6.45, 7) is 3.77. The van der Waals surface area contributed by atoms with E-state index in [0.717, 1.165) is 18.4 Å². The molecule has 0 aromatic heterocycles. The van der Waals surface area contributed by atoms with Gasteiger partial charge in [0.25, 0.3) is 0 Å². The highest BCUT2D eigenvalue weighted by molar-refractivity contribution is 5.87. The van der Waals surface area contributed by atoms with Crippen molar-refractivity contribution in [2.75, 3.05) is 0 Å². The van der Waals surface area contributed by atoms with E-state index in [-0.39, 0.29) is 11.7 Å². The number of rotatable bonds is 3. The lowest BCUT2D eigenvalue weighted by Crippen LogP contribution is -2.45. The first-order valence-electron chi connectivity index (χ1n) is 7.07. The second kappa shape index (κ2) is 5.72. The van der Waals surface area contributed by atoms with Crippen molar-refractivity contribution in [3.63, 3.8) is 0 Å². The fraction of sp³-hybridized carbons (Fsp3) is 0.562. The number of amides is 1. The van der Waals surface area contributed by atoms with E-state index < -0.39 is 5.41 Å². The number of hydrogen-bond donors (Lipinski definition) is 1. The molecule has 1 aliphatic rings. The van der Waals surface area contributed by atoms with E-state index in [4.69, 9.17) is 0 Å². The average Bonchev–Trinajstić information content (AvgIpc) is 2.40. The maximum atomic E-state index is 12.9.